The van der Waals surface area contributed by atoms with Crippen molar-refractivity contribution in [3.05, 3.63) is 0 Å². The Hall–Kier alpha value is -0.0800. The quantitative estimate of drug-likeness (QED) is 0.546. The molecule has 2 N–H and O–H groups in total. The van der Waals surface area contributed by atoms with Crippen molar-refractivity contribution in [2.24, 2.45) is 5.92 Å². The van der Waals surface area contributed by atoms with Crippen molar-refractivity contribution in [2.75, 3.05) is 13.1 Å². The second-order valence-electron chi connectivity index (χ2n) is 3.96. The molecule has 1 saturated heterocycles. The van der Waals surface area contributed by atoms with E-state index >= 15 is 0 Å². The summed E-state index contributed by atoms with van der Waals surface area (Å²) in [5.41, 5.74) is 0. The van der Waals surface area contributed by atoms with E-state index in [1.807, 2.05) is 0 Å². The molecule has 66 valence electrons. The first-order chi connectivity index (χ1) is 5.18. The number of rotatable bonds is 0. The highest BCUT2D eigenvalue weighted by Crippen LogP contribution is 2.06. The van der Waals surface area contributed by atoms with Crippen LogP contribution in [0.1, 0.15) is 27.2 Å². The van der Waals surface area contributed by atoms with Gasteiger partial charge in [0.25, 0.3) is 0 Å². The molecule has 0 saturated carbocycles. The fraction of sp³-hybridized carbons (Fsp3) is 1.00. The van der Waals surface area contributed by atoms with Gasteiger partial charge in [0, 0.05) is 18.6 Å². The maximum Gasteiger partial charge on any atom is 0.0164 e. The van der Waals surface area contributed by atoms with Crippen LogP contribution in [0, 0.1) is 5.92 Å². The maximum atomic E-state index is 3.50. The lowest BCUT2D eigenvalue weighted by Gasteiger charge is -2.26. The van der Waals surface area contributed by atoms with Crippen molar-refractivity contribution in [3.63, 3.8) is 0 Å². The number of hydrogen-bond acceptors (Lipinski definition) is 2. The summed E-state index contributed by atoms with van der Waals surface area (Å²) in [5.74, 6) is 0.806. The van der Waals surface area contributed by atoms with Crippen LogP contribution in [0.5, 0.6) is 0 Å². The highest BCUT2D eigenvalue weighted by Gasteiger charge is 2.13. The molecule has 3 atom stereocenters. The third kappa shape index (κ3) is 3.21. The van der Waals surface area contributed by atoms with E-state index in [1.54, 1.807) is 0 Å². The molecule has 1 fully saturated rings. The summed E-state index contributed by atoms with van der Waals surface area (Å²) in [6.45, 7) is 9.09. The minimum Gasteiger partial charge on any atom is -0.313 e. The Morgan fingerprint density at radius 1 is 0.909 bits per heavy atom. The molecule has 1 aliphatic heterocycles. The van der Waals surface area contributed by atoms with Crippen molar-refractivity contribution in [3.8, 4) is 0 Å². The average molecular weight is 156 g/mol. The molecule has 0 radical (unpaired) electrons. The zero-order chi connectivity index (χ0) is 8.27. The van der Waals surface area contributed by atoms with Gasteiger partial charge in [-0.3, -0.25) is 0 Å². The minimum atomic E-state index is 0.625. The molecule has 1 heterocycles. The highest BCUT2D eigenvalue weighted by molar-refractivity contribution is 4.75. The summed E-state index contributed by atoms with van der Waals surface area (Å²) >= 11 is 0. The van der Waals surface area contributed by atoms with Gasteiger partial charge in [-0.25, -0.2) is 0 Å². The molecule has 0 aromatic rings. The molecular formula is C9H20N2. The first-order valence-corrected chi connectivity index (χ1v) is 4.65. The van der Waals surface area contributed by atoms with Gasteiger partial charge in [-0.15, -0.1) is 0 Å². The van der Waals surface area contributed by atoms with Crippen LogP contribution >= 0.6 is 0 Å². The highest BCUT2D eigenvalue weighted by atomic mass is 15.0. The normalized spacial score (nSPS) is 41.2. The van der Waals surface area contributed by atoms with Crippen molar-refractivity contribution in [1.82, 2.24) is 10.6 Å². The first-order valence-electron chi connectivity index (χ1n) is 4.65. The molecule has 11 heavy (non-hydrogen) atoms. The summed E-state index contributed by atoms with van der Waals surface area (Å²) in [6.07, 6.45) is 1.29. The van der Waals surface area contributed by atoms with Gasteiger partial charge in [0.2, 0.25) is 0 Å². The topological polar surface area (TPSA) is 24.1 Å². The third-order valence-electron chi connectivity index (χ3n) is 2.34. The van der Waals surface area contributed by atoms with Gasteiger partial charge in [0.05, 0.1) is 0 Å². The van der Waals surface area contributed by atoms with Crippen LogP contribution < -0.4 is 10.6 Å². The second-order valence-corrected chi connectivity index (χ2v) is 3.96. The van der Waals surface area contributed by atoms with Crippen LogP contribution in [0.2, 0.25) is 0 Å². The number of nitrogens with one attached hydrogen (secondary N) is 2. The van der Waals surface area contributed by atoms with Crippen LogP contribution in [0.4, 0.5) is 0 Å². The lowest BCUT2D eigenvalue weighted by atomic mass is 10.0. The van der Waals surface area contributed by atoms with Gasteiger partial charge in [-0.05, 0) is 32.7 Å². The average Bonchev–Trinajstić information content (AvgIpc) is 1.95. The van der Waals surface area contributed by atoms with Crippen LogP contribution in [-0.4, -0.2) is 25.2 Å². The second kappa shape index (κ2) is 4.07. The summed E-state index contributed by atoms with van der Waals surface area (Å²) in [6, 6.07) is 1.31. The summed E-state index contributed by atoms with van der Waals surface area (Å²) < 4.78 is 0. The monoisotopic (exact) mass is 156 g/mol. The van der Waals surface area contributed by atoms with Crippen LogP contribution in [0.15, 0.2) is 0 Å². The van der Waals surface area contributed by atoms with Gasteiger partial charge in [-0.2, -0.15) is 0 Å². The van der Waals surface area contributed by atoms with Crippen LogP contribution in [0.25, 0.3) is 0 Å². The Morgan fingerprint density at radius 3 is 2.27 bits per heavy atom. The predicted octanol–water partition coefficient (Wildman–Crippen LogP) is 0.982. The Labute approximate surface area is 69.8 Å². The van der Waals surface area contributed by atoms with E-state index < -0.39 is 0 Å². The van der Waals surface area contributed by atoms with Crippen molar-refractivity contribution < 1.29 is 0 Å². The maximum absolute atomic E-state index is 3.50. The lowest BCUT2D eigenvalue weighted by molar-refractivity contribution is 0.336. The lowest BCUT2D eigenvalue weighted by Crippen LogP contribution is -2.45. The van der Waals surface area contributed by atoms with Crippen LogP contribution in [0.3, 0.4) is 0 Å². The van der Waals surface area contributed by atoms with E-state index in [0.717, 1.165) is 12.5 Å². The fourth-order valence-electron chi connectivity index (χ4n) is 1.62. The molecule has 2 nitrogen and oxygen atoms in total. The fourth-order valence-corrected chi connectivity index (χ4v) is 1.62. The molecule has 0 aromatic carbocycles. The molecule has 1 aliphatic rings. The largest absolute Gasteiger partial charge is 0.313 e. The molecule has 0 aromatic heterocycles. The van der Waals surface area contributed by atoms with E-state index in [-0.39, 0.29) is 0 Å². The molecule has 0 bridgehead atoms. The molecule has 0 amide bonds. The van der Waals surface area contributed by atoms with Gasteiger partial charge >= 0.3 is 0 Å². The Morgan fingerprint density at radius 2 is 1.55 bits per heavy atom. The Kier molecular flexibility index (Phi) is 3.34. The Balaban J connectivity index is 2.34. The SMILES string of the molecule is CC1CNC(C)CNC(C)C1. The van der Waals surface area contributed by atoms with Gasteiger partial charge in [-0.1, -0.05) is 6.92 Å². The van der Waals surface area contributed by atoms with E-state index in [1.165, 1.54) is 13.0 Å². The Bertz CT molecular complexity index is 102. The molecular weight excluding hydrogens is 136 g/mol. The minimum absolute atomic E-state index is 0.625. The molecule has 0 spiro atoms. The van der Waals surface area contributed by atoms with E-state index in [2.05, 4.69) is 31.4 Å². The zero-order valence-electron chi connectivity index (χ0n) is 7.85. The molecule has 1 rings (SSSR count). The summed E-state index contributed by atoms with van der Waals surface area (Å²) in [7, 11) is 0. The van der Waals surface area contributed by atoms with E-state index in [0.29, 0.717) is 12.1 Å². The molecule has 3 unspecified atom stereocenters. The third-order valence-corrected chi connectivity index (χ3v) is 2.34. The smallest absolute Gasteiger partial charge is 0.0164 e. The van der Waals surface area contributed by atoms with Gasteiger partial charge in [0.15, 0.2) is 0 Å². The van der Waals surface area contributed by atoms with Crippen LogP contribution in [-0.2, 0) is 0 Å². The first kappa shape index (κ1) is 9.01. The van der Waals surface area contributed by atoms with Crippen molar-refractivity contribution in [1.29, 1.82) is 0 Å². The van der Waals surface area contributed by atoms with Gasteiger partial charge in [0.1, 0.15) is 0 Å². The predicted molar refractivity (Wildman–Crippen MR) is 48.7 cm³/mol. The summed E-state index contributed by atoms with van der Waals surface area (Å²) in [4.78, 5) is 0. The molecule has 0 aliphatic carbocycles. The summed E-state index contributed by atoms with van der Waals surface area (Å²) in [5, 5.41) is 6.99. The number of hydrogen-bond donors (Lipinski definition) is 2. The van der Waals surface area contributed by atoms with Crippen molar-refractivity contribution in [2.45, 2.75) is 39.3 Å². The molecule has 2 heteroatoms. The van der Waals surface area contributed by atoms with E-state index in [4.69, 9.17) is 0 Å². The zero-order valence-corrected chi connectivity index (χ0v) is 7.85. The van der Waals surface area contributed by atoms with Crippen molar-refractivity contribution >= 4 is 0 Å². The standard InChI is InChI=1S/C9H20N2/c1-7-4-8(2)11-6-9(3)10-5-7/h7-11H,4-6H2,1-3H3. The van der Waals surface area contributed by atoms with E-state index in [9.17, 15) is 0 Å². The van der Waals surface area contributed by atoms with Gasteiger partial charge < -0.3 is 10.6 Å².